The predicted molar refractivity (Wildman–Crippen MR) is 76.7 cm³/mol. The summed E-state index contributed by atoms with van der Waals surface area (Å²) in [7, 11) is 0. The van der Waals surface area contributed by atoms with Crippen molar-refractivity contribution in [3.8, 4) is 0 Å². The van der Waals surface area contributed by atoms with Crippen LogP contribution >= 0.6 is 0 Å². The molecule has 5 nitrogen and oxygen atoms in total. The van der Waals surface area contributed by atoms with E-state index in [2.05, 4.69) is 28.8 Å². The molecule has 1 aliphatic heterocycles. The molecule has 3 rings (SSSR count). The van der Waals surface area contributed by atoms with Crippen LogP contribution in [0, 0.1) is 18.8 Å². The molecule has 4 unspecified atom stereocenters. The maximum absolute atomic E-state index is 12.0. The molecule has 1 saturated heterocycles. The average Bonchev–Trinajstić information content (AvgIpc) is 2.48. The highest BCUT2D eigenvalue weighted by Crippen LogP contribution is 2.42. The molecule has 0 bridgehead atoms. The zero-order valence-electron chi connectivity index (χ0n) is 11.8. The number of hydrazine groups is 1. The highest BCUT2D eigenvalue weighted by atomic mass is 16.2. The molecule has 1 aromatic heterocycles. The molecule has 20 heavy (non-hydrogen) atoms. The van der Waals surface area contributed by atoms with Gasteiger partial charge in [0.05, 0.1) is 0 Å². The van der Waals surface area contributed by atoms with Gasteiger partial charge in [-0.2, -0.15) is 0 Å². The van der Waals surface area contributed by atoms with Gasteiger partial charge in [-0.3, -0.25) is 15.2 Å². The van der Waals surface area contributed by atoms with E-state index in [1.165, 1.54) is 5.56 Å². The third-order valence-corrected chi connectivity index (χ3v) is 4.88. The Bertz CT molecular complexity index is 504. The molecule has 1 aromatic rings. The zero-order valence-corrected chi connectivity index (χ0v) is 11.8. The molecule has 108 valence electrons. The number of aryl methyl sites for hydroxylation is 1. The lowest BCUT2D eigenvalue weighted by Crippen LogP contribution is -2.62. The second-order valence-electron chi connectivity index (χ2n) is 5.93. The maximum Gasteiger partial charge on any atom is 0.237 e. The number of hydrogen-bond acceptors (Lipinski definition) is 4. The Kier molecular flexibility index (Phi) is 3.72. The third kappa shape index (κ3) is 2.31. The summed E-state index contributed by atoms with van der Waals surface area (Å²) in [6, 6.07) is 4.35. The van der Waals surface area contributed by atoms with Crippen LogP contribution in [0.4, 0.5) is 0 Å². The lowest BCUT2D eigenvalue weighted by Gasteiger charge is -2.43. The van der Waals surface area contributed by atoms with Crippen molar-refractivity contribution in [3.63, 3.8) is 0 Å². The van der Waals surface area contributed by atoms with E-state index in [0.717, 1.165) is 25.0 Å². The number of nitrogens with two attached hydrogens (primary N) is 1. The van der Waals surface area contributed by atoms with Crippen molar-refractivity contribution in [1.29, 1.82) is 0 Å². The number of rotatable bonds is 2. The largest absolute Gasteiger partial charge is 0.329 e. The molecule has 0 radical (unpaired) electrons. The number of nitrogens with zero attached hydrogens (tertiary/aromatic N) is 1. The Balaban J connectivity index is 1.82. The summed E-state index contributed by atoms with van der Waals surface area (Å²) in [5.41, 5.74) is 14.1. The van der Waals surface area contributed by atoms with E-state index in [0.29, 0.717) is 18.4 Å². The van der Waals surface area contributed by atoms with Crippen LogP contribution in [0.3, 0.4) is 0 Å². The molecule has 2 aliphatic rings. The first-order valence-corrected chi connectivity index (χ1v) is 7.37. The first-order valence-electron chi connectivity index (χ1n) is 7.37. The topological polar surface area (TPSA) is 80.0 Å². The molecule has 2 fully saturated rings. The van der Waals surface area contributed by atoms with E-state index >= 15 is 0 Å². The predicted octanol–water partition coefficient (Wildman–Crippen LogP) is 0.852. The standard InChI is InChI=1S/C15H22N4O/c1-9-11(3-2-6-17-9)10-4-5-12-13(7-10)14(8-16)18-19-15(12)20/h2-3,6,10,12-14,18H,4-5,7-8,16H2,1H3,(H,19,20). The van der Waals surface area contributed by atoms with Crippen LogP contribution in [0.15, 0.2) is 18.3 Å². The molecule has 1 saturated carbocycles. The Hall–Kier alpha value is -1.46. The van der Waals surface area contributed by atoms with Gasteiger partial charge < -0.3 is 5.73 Å². The molecule has 1 aliphatic carbocycles. The number of fused-ring (bicyclic) bond motifs is 1. The van der Waals surface area contributed by atoms with Crippen molar-refractivity contribution in [1.82, 2.24) is 15.8 Å². The van der Waals surface area contributed by atoms with Crippen LogP contribution in [-0.4, -0.2) is 23.5 Å². The van der Waals surface area contributed by atoms with Gasteiger partial charge in [0.25, 0.3) is 0 Å². The second-order valence-corrected chi connectivity index (χ2v) is 5.93. The Morgan fingerprint density at radius 1 is 1.45 bits per heavy atom. The van der Waals surface area contributed by atoms with Gasteiger partial charge in [-0.1, -0.05) is 6.07 Å². The quantitative estimate of drug-likeness (QED) is 0.747. The van der Waals surface area contributed by atoms with Crippen molar-refractivity contribution in [3.05, 3.63) is 29.6 Å². The molecular weight excluding hydrogens is 252 g/mol. The van der Waals surface area contributed by atoms with Gasteiger partial charge in [0.1, 0.15) is 0 Å². The van der Waals surface area contributed by atoms with Crippen molar-refractivity contribution in [2.24, 2.45) is 17.6 Å². The summed E-state index contributed by atoms with van der Waals surface area (Å²) >= 11 is 0. The molecule has 4 atom stereocenters. The normalized spacial score (nSPS) is 33.4. The highest BCUT2D eigenvalue weighted by Gasteiger charge is 2.42. The van der Waals surface area contributed by atoms with E-state index in [9.17, 15) is 4.79 Å². The van der Waals surface area contributed by atoms with Crippen molar-refractivity contribution < 1.29 is 4.79 Å². The number of carbonyl (C=O) groups excluding carboxylic acids is 1. The average molecular weight is 274 g/mol. The van der Waals surface area contributed by atoms with Gasteiger partial charge in [0.15, 0.2) is 0 Å². The molecule has 1 amide bonds. The fourth-order valence-corrected chi connectivity index (χ4v) is 3.78. The first kappa shape index (κ1) is 13.5. The highest BCUT2D eigenvalue weighted by molar-refractivity contribution is 5.79. The molecule has 4 N–H and O–H groups in total. The van der Waals surface area contributed by atoms with Crippen LogP contribution in [0.2, 0.25) is 0 Å². The number of amides is 1. The zero-order chi connectivity index (χ0) is 14.1. The van der Waals surface area contributed by atoms with Crippen molar-refractivity contribution >= 4 is 5.91 Å². The summed E-state index contributed by atoms with van der Waals surface area (Å²) in [5.74, 6) is 1.05. The monoisotopic (exact) mass is 274 g/mol. The summed E-state index contributed by atoms with van der Waals surface area (Å²) in [5, 5.41) is 0. The van der Waals surface area contributed by atoms with Crippen LogP contribution in [0.5, 0.6) is 0 Å². The summed E-state index contributed by atoms with van der Waals surface area (Å²) < 4.78 is 0. The Labute approximate surface area is 119 Å². The number of nitrogens with one attached hydrogen (secondary N) is 2. The van der Waals surface area contributed by atoms with E-state index in [-0.39, 0.29) is 17.9 Å². The fourth-order valence-electron chi connectivity index (χ4n) is 3.78. The summed E-state index contributed by atoms with van der Waals surface area (Å²) in [6.07, 6.45) is 4.84. The number of carbonyl (C=O) groups is 1. The molecule has 0 aromatic carbocycles. The third-order valence-electron chi connectivity index (χ3n) is 4.88. The van der Waals surface area contributed by atoms with Gasteiger partial charge in [-0.05, 0) is 49.7 Å². The summed E-state index contributed by atoms with van der Waals surface area (Å²) in [6.45, 7) is 2.62. The van der Waals surface area contributed by atoms with Crippen LogP contribution in [0.25, 0.3) is 0 Å². The minimum Gasteiger partial charge on any atom is -0.329 e. The van der Waals surface area contributed by atoms with Gasteiger partial charge >= 0.3 is 0 Å². The second kappa shape index (κ2) is 5.50. The van der Waals surface area contributed by atoms with Crippen molar-refractivity contribution in [2.75, 3.05) is 6.54 Å². The summed E-state index contributed by atoms with van der Waals surface area (Å²) in [4.78, 5) is 16.4. The van der Waals surface area contributed by atoms with Crippen LogP contribution in [0.1, 0.15) is 36.4 Å². The van der Waals surface area contributed by atoms with Gasteiger partial charge in [-0.15, -0.1) is 0 Å². The SMILES string of the molecule is Cc1ncccc1C1CCC2C(=O)NNC(CN)C2C1. The van der Waals surface area contributed by atoms with Crippen LogP contribution in [-0.2, 0) is 4.79 Å². The van der Waals surface area contributed by atoms with Crippen LogP contribution < -0.4 is 16.6 Å². The van der Waals surface area contributed by atoms with Gasteiger partial charge in [-0.25, -0.2) is 5.43 Å². The lowest BCUT2D eigenvalue weighted by molar-refractivity contribution is -0.133. The van der Waals surface area contributed by atoms with E-state index in [1.54, 1.807) is 0 Å². The van der Waals surface area contributed by atoms with Gasteiger partial charge in [0, 0.05) is 30.4 Å². The minimum absolute atomic E-state index is 0.109. The maximum atomic E-state index is 12.0. The molecule has 2 heterocycles. The smallest absolute Gasteiger partial charge is 0.237 e. The van der Waals surface area contributed by atoms with Crippen molar-refractivity contribution in [2.45, 2.75) is 38.1 Å². The minimum atomic E-state index is 0.109. The van der Waals surface area contributed by atoms with E-state index in [1.807, 2.05) is 12.3 Å². The number of hydrogen-bond donors (Lipinski definition) is 3. The molecule has 0 spiro atoms. The molecule has 5 heteroatoms. The van der Waals surface area contributed by atoms with Gasteiger partial charge in [0.2, 0.25) is 5.91 Å². The van der Waals surface area contributed by atoms with E-state index < -0.39 is 0 Å². The van der Waals surface area contributed by atoms with E-state index in [4.69, 9.17) is 5.73 Å². The lowest BCUT2D eigenvalue weighted by atomic mass is 9.68. The Morgan fingerprint density at radius 3 is 3.05 bits per heavy atom. The molecular formula is C15H22N4O. The number of aromatic nitrogens is 1. The number of pyridine rings is 1. The Morgan fingerprint density at radius 2 is 2.30 bits per heavy atom. The first-order chi connectivity index (χ1) is 9.70. The fraction of sp³-hybridized carbons (Fsp3) is 0.600.